The predicted molar refractivity (Wildman–Crippen MR) is 120 cm³/mol. The molecule has 0 saturated heterocycles. The summed E-state index contributed by atoms with van der Waals surface area (Å²) in [7, 11) is 1.47. The van der Waals surface area contributed by atoms with Gasteiger partial charge in [-0.2, -0.15) is 0 Å². The number of carbonyl (C=O) groups is 1. The number of anilines is 1. The SMILES string of the molecule is COc1cc(Br)cc(C=Nc2cccc(NC(=O)c3ccc(Cl)cc3Cl)c2)c1O. The number of methoxy groups -OCH3 is 1. The highest BCUT2D eigenvalue weighted by molar-refractivity contribution is 9.10. The second kappa shape index (κ2) is 9.31. The van der Waals surface area contributed by atoms with Gasteiger partial charge in [0.1, 0.15) is 0 Å². The van der Waals surface area contributed by atoms with E-state index >= 15 is 0 Å². The number of nitrogens with zero attached hydrogens (tertiary/aromatic N) is 1. The minimum absolute atomic E-state index is 0.0127. The molecule has 3 rings (SSSR count). The van der Waals surface area contributed by atoms with E-state index in [-0.39, 0.29) is 16.7 Å². The van der Waals surface area contributed by atoms with Crippen LogP contribution < -0.4 is 10.1 Å². The van der Waals surface area contributed by atoms with E-state index in [1.807, 2.05) is 0 Å². The van der Waals surface area contributed by atoms with Crippen molar-refractivity contribution in [3.05, 3.63) is 80.2 Å². The molecule has 3 aromatic rings. The van der Waals surface area contributed by atoms with Crippen LogP contribution in [-0.4, -0.2) is 24.3 Å². The molecule has 5 nitrogen and oxygen atoms in total. The fourth-order valence-electron chi connectivity index (χ4n) is 2.53. The van der Waals surface area contributed by atoms with E-state index in [2.05, 4.69) is 26.2 Å². The summed E-state index contributed by atoms with van der Waals surface area (Å²) in [5, 5.41) is 13.7. The molecule has 0 bridgehead atoms. The number of phenols is 1. The average Bonchev–Trinajstić information content (AvgIpc) is 2.68. The molecule has 1 amide bonds. The maximum absolute atomic E-state index is 12.5. The Bertz CT molecular complexity index is 1100. The monoisotopic (exact) mass is 492 g/mol. The first kappa shape index (κ1) is 21.2. The van der Waals surface area contributed by atoms with E-state index in [1.165, 1.54) is 19.4 Å². The molecule has 0 aliphatic carbocycles. The van der Waals surface area contributed by atoms with E-state index in [0.717, 1.165) is 4.47 Å². The van der Waals surface area contributed by atoms with Gasteiger partial charge in [0.2, 0.25) is 0 Å². The fourth-order valence-corrected chi connectivity index (χ4v) is 3.48. The summed E-state index contributed by atoms with van der Waals surface area (Å²) in [6.45, 7) is 0. The molecule has 0 aliphatic heterocycles. The van der Waals surface area contributed by atoms with Crippen LogP contribution >= 0.6 is 39.1 Å². The Labute approximate surface area is 186 Å². The zero-order chi connectivity index (χ0) is 21.0. The Morgan fingerprint density at radius 1 is 1.17 bits per heavy atom. The molecule has 29 heavy (non-hydrogen) atoms. The number of carbonyl (C=O) groups excluding carboxylic acids is 1. The number of rotatable bonds is 5. The number of halogens is 3. The van der Waals surface area contributed by atoms with Crippen molar-refractivity contribution < 1.29 is 14.6 Å². The van der Waals surface area contributed by atoms with Crippen molar-refractivity contribution in [3.8, 4) is 11.5 Å². The number of hydrogen-bond acceptors (Lipinski definition) is 4. The second-order valence-electron chi connectivity index (χ2n) is 5.93. The van der Waals surface area contributed by atoms with E-state index in [0.29, 0.717) is 33.3 Å². The molecule has 2 N–H and O–H groups in total. The molecule has 8 heteroatoms. The first-order valence-corrected chi connectivity index (χ1v) is 9.89. The van der Waals surface area contributed by atoms with Crippen molar-refractivity contribution in [2.75, 3.05) is 12.4 Å². The van der Waals surface area contributed by atoms with E-state index in [9.17, 15) is 9.90 Å². The number of amides is 1. The Morgan fingerprint density at radius 2 is 1.97 bits per heavy atom. The largest absolute Gasteiger partial charge is 0.504 e. The van der Waals surface area contributed by atoms with Gasteiger partial charge in [-0.25, -0.2) is 0 Å². The van der Waals surface area contributed by atoms with Gasteiger partial charge < -0.3 is 15.2 Å². The van der Waals surface area contributed by atoms with Gasteiger partial charge in [0.25, 0.3) is 5.91 Å². The van der Waals surface area contributed by atoms with Crippen LogP contribution in [0.2, 0.25) is 10.0 Å². The number of nitrogens with one attached hydrogen (secondary N) is 1. The minimum Gasteiger partial charge on any atom is -0.504 e. The maximum atomic E-state index is 12.5. The van der Waals surface area contributed by atoms with Crippen molar-refractivity contribution >= 4 is 62.6 Å². The van der Waals surface area contributed by atoms with Crippen LogP contribution in [0.3, 0.4) is 0 Å². The molecule has 0 atom stereocenters. The van der Waals surface area contributed by atoms with Gasteiger partial charge in [0.05, 0.1) is 23.4 Å². The lowest BCUT2D eigenvalue weighted by Crippen LogP contribution is -2.12. The van der Waals surface area contributed by atoms with Crippen molar-refractivity contribution in [1.29, 1.82) is 0 Å². The molecule has 3 aromatic carbocycles. The van der Waals surface area contributed by atoms with Crippen LogP contribution in [0.5, 0.6) is 11.5 Å². The number of aliphatic imine (C=N–C) groups is 1. The van der Waals surface area contributed by atoms with Gasteiger partial charge in [-0.05, 0) is 48.5 Å². The highest BCUT2D eigenvalue weighted by atomic mass is 79.9. The van der Waals surface area contributed by atoms with Crippen molar-refractivity contribution in [2.24, 2.45) is 4.99 Å². The molecule has 0 aliphatic rings. The van der Waals surface area contributed by atoms with Gasteiger partial charge in [0, 0.05) is 27.0 Å². The van der Waals surface area contributed by atoms with Crippen molar-refractivity contribution in [2.45, 2.75) is 0 Å². The summed E-state index contributed by atoms with van der Waals surface area (Å²) in [5.74, 6) is -0.0369. The smallest absolute Gasteiger partial charge is 0.257 e. The second-order valence-corrected chi connectivity index (χ2v) is 7.69. The first-order valence-electron chi connectivity index (χ1n) is 8.34. The standard InChI is InChI=1S/C21H15BrCl2N2O3/c1-29-19-8-13(22)7-12(20(19)27)11-25-15-3-2-4-16(10-15)26-21(28)17-6-5-14(23)9-18(17)24/h2-11,27H,1H3,(H,26,28). The lowest BCUT2D eigenvalue weighted by Gasteiger charge is -2.08. The molecular formula is C21H15BrCl2N2O3. The van der Waals surface area contributed by atoms with Crippen LogP contribution in [0.4, 0.5) is 11.4 Å². The number of ether oxygens (including phenoxy) is 1. The molecular weight excluding hydrogens is 479 g/mol. The van der Waals surface area contributed by atoms with Crippen molar-refractivity contribution in [1.82, 2.24) is 0 Å². The number of aromatic hydroxyl groups is 1. The van der Waals surface area contributed by atoms with Crippen molar-refractivity contribution in [3.63, 3.8) is 0 Å². The number of hydrogen-bond donors (Lipinski definition) is 2. The summed E-state index contributed by atoms with van der Waals surface area (Å²) in [4.78, 5) is 16.8. The van der Waals surface area contributed by atoms with Crippen LogP contribution in [0.25, 0.3) is 0 Å². The summed E-state index contributed by atoms with van der Waals surface area (Å²) in [6, 6.07) is 15.0. The molecule has 148 valence electrons. The van der Waals surface area contributed by atoms with Crippen LogP contribution in [0, 0.1) is 0 Å². The molecule has 0 unspecified atom stereocenters. The lowest BCUT2D eigenvalue weighted by atomic mass is 10.2. The molecule has 0 spiro atoms. The first-order chi connectivity index (χ1) is 13.9. The topological polar surface area (TPSA) is 70.9 Å². The maximum Gasteiger partial charge on any atom is 0.257 e. The Hall–Kier alpha value is -2.54. The molecule has 0 saturated carbocycles. The molecule has 0 fully saturated rings. The molecule has 0 heterocycles. The zero-order valence-electron chi connectivity index (χ0n) is 15.1. The minimum atomic E-state index is -0.359. The quantitative estimate of drug-likeness (QED) is 0.400. The normalized spacial score (nSPS) is 10.9. The summed E-state index contributed by atoms with van der Waals surface area (Å²) in [6.07, 6.45) is 1.51. The number of benzene rings is 3. The Kier molecular flexibility index (Phi) is 6.79. The van der Waals surface area contributed by atoms with E-state index in [4.69, 9.17) is 27.9 Å². The van der Waals surface area contributed by atoms with Crippen LogP contribution in [0.1, 0.15) is 15.9 Å². The van der Waals surface area contributed by atoms with Gasteiger partial charge in [0.15, 0.2) is 11.5 Å². The fraction of sp³-hybridized carbons (Fsp3) is 0.0476. The van der Waals surface area contributed by atoms with Gasteiger partial charge in [-0.15, -0.1) is 0 Å². The molecule has 0 aromatic heterocycles. The van der Waals surface area contributed by atoms with Gasteiger partial charge in [-0.3, -0.25) is 9.79 Å². The summed E-state index contributed by atoms with van der Waals surface area (Å²) >= 11 is 15.3. The van der Waals surface area contributed by atoms with E-state index < -0.39 is 0 Å². The van der Waals surface area contributed by atoms with Gasteiger partial charge in [-0.1, -0.05) is 45.2 Å². The summed E-state index contributed by atoms with van der Waals surface area (Å²) in [5.41, 5.74) is 1.93. The van der Waals surface area contributed by atoms with Crippen LogP contribution in [-0.2, 0) is 0 Å². The predicted octanol–water partition coefficient (Wildman–Crippen LogP) is 6.47. The summed E-state index contributed by atoms with van der Waals surface area (Å²) < 4.78 is 5.88. The third-order valence-corrected chi connectivity index (χ3v) is 4.93. The Balaban J connectivity index is 1.80. The van der Waals surface area contributed by atoms with Crippen LogP contribution in [0.15, 0.2) is 64.1 Å². The highest BCUT2D eigenvalue weighted by Crippen LogP contribution is 2.33. The van der Waals surface area contributed by atoms with E-state index in [1.54, 1.807) is 48.5 Å². The highest BCUT2D eigenvalue weighted by Gasteiger charge is 2.11. The molecule has 0 radical (unpaired) electrons. The average molecular weight is 494 g/mol. The number of phenolic OH excluding ortho intramolecular Hbond substituents is 1. The third kappa shape index (κ3) is 5.29. The third-order valence-electron chi connectivity index (χ3n) is 3.92. The zero-order valence-corrected chi connectivity index (χ0v) is 18.2. The van der Waals surface area contributed by atoms with Gasteiger partial charge >= 0.3 is 0 Å². The lowest BCUT2D eigenvalue weighted by molar-refractivity contribution is 0.102. The Morgan fingerprint density at radius 3 is 2.69 bits per heavy atom.